The first-order valence-electron chi connectivity index (χ1n) is 8.18. The Hall–Kier alpha value is -2.80. The number of carbonyl (C=O) groups is 1. The van der Waals surface area contributed by atoms with Gasteiger partial charge in [0.25, 0.3) is 11.6 Å². The molecule has 0 aromatic heterocycles. The van der Waals surface area contributed by atoms with Crippen LogP contribution >= 0.6 is 11.6 Å². The number of ether oxygens (including phenoxy) is 1. The first-order chi connectivity index (χ1) is 12.5. The van der Waals surface area contributed by atoms with Gasteiger partial charge in [-0.15, -0.1) is 0 Å². The first kappa shape index (κ1) is 18.0. The van der Waals surface area contributed by atoms with Gasteiger partial charge in [0.15, 0.2) is 6.61 Å². The molecule has 0 N–H and O–H groups in total. The summed E-state index contributed by atoms with van der Waals surface area (Å²) in [5.41, 5.74) is 1.01. The van der Waals surface area contributed by atoms with E-state index in [9.17, 15) is 14.9 Å². The van der Waals surface area contributed by atoms with Crippen molar-refractivity contribution in [1.82, 2.24) is 4.90 Å². The normalized spacial score (nSPS) is 14.2. The van der Waals surface area contributed by atoms with Crippen molar-refractivity contribution in [2.24, 2.45) is 0 Å². The van der Waals surface area contributed by atoms with Crippen LogP contribution < -0.4 is 9.64 Å². The maximum absolute atomic E-state index is 12.3. The summed E-state index contributed by atoms with van der Waals surface area (Å²) in [6, 6.07) is 13.4. The van der Waals surface area contributed by atoms with Crippen LogP contribution in [0, 0.1) is 10.1 Å². The molecular weight excluding hydrogens is 358 g/mol. The molecule has 1 fully saturated rings. The van der Waals surface area contributed by atoms with Crippen LogP contribution in [0.3, 0.4) is 0 Å². The van der Waals surface area contributed by atoms with E-state index in [2.05, 4.69) is 4.90 Å². The smallest absolute Gasteiger partial charge is 0.273 e. The van der Waals surface area contributed by atoms with Gasteiger partial charge in [-0.2, -0.15) is 0 Å². The van der Waals surface area contributed by atoms with Gasteiger partial charge < -0.3 is 14.5 Å². The highest BCUT2D eigenvalue weighted by Gasteiger charge is 2.21. The minimum atomic E-state index is -0.495. The minimum absolute atomic E-state index is 0.0634. The molecule has 1 aliphatic rings. The van der Waals surface area contributed by atoms with Crippen LogP contribution in [0.25, 0.3) is 0 Å². The maximum Gasteiger partial charge on any atom is 0.273 e. The van der Waals surface area contributed by atoms with Crippen LogP contribution in [-0.2, 0) is 4.79 Å². The summed E-state index contributed by atoms with van der Waals surface area (Å²) in [4.78, 5) is 26.5. The number of anilines is 1. The van der Waals surface area contributed by atoms with E-state index >= 15 is 0 Å². The molecule has 0 aliphatic carbocycles. The Bertz CT molecular complexity index is 789. The van der Waals surface area contributed by atoms with E-state index in [1.807, 2.05) is 24.3 Å². The third-order valence-electron chi connectivity index (χ3n) is 4.21. The van der Waals surface area contributed by atoms with Crippen molar-refractivity contribution < 1.29 is 14.5 Å². The molecule has 0 spiro atoms. The van der Waals surface area contributed by atoms with Crippen LogP contribution in [0.5, 0.6) is 5.75 Å². The second-order valence-electron chi connectivity index (χ2n) is 5.89. The fraction of sp³-hybridized carbons (Fsp3) is 0.278. The summed E-state index contributed by atoms with van der Waals surface area (Å²) >= 11 is 5.91. The quantitative estimate of drug-likeness (QED) is 0.593. The number of piperazine rings is 1. The average Bonchev–Trinajstić information content (AvgIpc) is 2.67. The van der Waals surface area contributed by atoms with Crippen molar-refractivity contribution in [2.75, 3.05) is 37.7 Å². The average molecular weight is 376 g/mol. The van der Waals surface area contributed by atoms with Gasteiger partial charge in [0.2, 0.25) is 0 Å². The van der Waals surface area contributed by atoms with Gasteiger partial charge in [-0.05, 0) is 30.3 Å². The van der Waals surface area contributed by atoms with Gasteiger partial charge in [0.1, 0.15) is 5.75 Å². The van der Waals surface area contributed by atoms with Crippen LogP contribution in [0.4, 0.5) is 11.4 Å². The van der Waals surface area contributed by atoms with Crippen molar-refractivity contribution in [3.8, 4) is 5.75 Å². The molecule has 2 aromatic carbocycles. The van der Waals surface area contributed by atoms with E-state index < -0.39 is 4.92 Å². The zero-order valence-electron chi connectivity index (χ0n) is 14.0. The zero-order valence-corrected chi connectivity index (χ0v) is 14.8. The molecular formula is C18H18ClN3O4. The predicted molar refractivity (Wildman–Crippen MR) is 98.8 cm³/mol. The van der Waals surface area contributed by atoms with Gasteiger partial charge in [-0.1, -0.05) is 17.7 Å². The van der Waals surface area contributed by atoms with E-state index in [1.165, 1.54) is 18.2 Å². The molecule has 1 heterocycles. The largest absolute Gasteiger partial charge is 0.484 e. The molecule has 1 aliphatic heterocycles. The standard InChI is InChI=1S/C18H18ClN3O4/c19-14-4-6-15(7-5-14)20-8-10-21(11-9-20)18(23)13-26-17-3-1-2-16(12-17)22(24)25/h1-7,12H,8-11,13H2. The maximum atomic E-state index is 12.3. The van der Waals surface area contributed by atoms with E-state index in [-0.39, 0.29) is 18.2 Å². The number of nitro benzene ring substituents is 1. The SMILES string of the molecule is O=C(COc1cccc([N+](=O)[O-])c1)N1CCN(c2ccc(Cl)cc2)CC1. The topological polar surface area (TPSA) is 75.9 Å². The number of rotatable bonds is 5. The number of hydrogen-bond donors (Lipinski definition) is 0. The summed E-state index contributed by atoms with van der Waals surface area (Å²) in [5, 5.41) is 11.5. The van der Waals surface area contributed by atoms with Crippen molar-refractivity contribution >= 4 is 28.9 Å². The molecule has 0 atom stereocenters. The van der Waals surface area contributed by atoms with Gasteiger partial charge >= 0.3 is 0 Å². The predicted octanol–water partition coefficient (Wildman–Crippen LogP) is 2.98. The number of amides is 1. The van der Waals surface area contributed by atoms with Crippen molar-refractivity contribution in [3.05, 3.63) is 63.7 Å². The van der Waals surface area contributed by atoms with Gasteiger partial charge in [0, 0.05) is 43.0 Å². The highest BCUT2D eigenvalue weighted by atomic mass is 35.5. The Balaban J connectivity index is 1.50. The number of nitrogens with zero attached hydrogens (tertiary/aromatic N) is 3. The molecule has 1 saturated heterocycles. The number of benzene rings is 2. The van der Waals surface area contributed by atoms with Crippen LogP contribution in [0.2, 0.25) is 5.02 Å². The number of hydrogen-bond acceptors (Lipinski definition) is 5. The first-order valence-corrected chi connectivity index (χ1v) is 8.56. The molecule has 136 valence electrons. The molecule has 8 heteroatoms. The molecule has 0 saturated carbocycles. The molecule has 0 unspecified atom stereocenters. The van der Waals surface area contributed by atoms with Crippen molar-refractivity contribution in [1.29, 1.82) is 0 Å². The Morgan fingerprint density at radius 1 is 1.12 bits per heavy atom. The molecule has 3 rings (SSSR count). The monoisotopic (exact) mass is 375 g/mol. The Labute approximate surface area is 155 Å². The molecule has 2 aromatic rings. The fourth-order valence-corrected chi connectivity index (χ4v) is 2.92. The second-order valence-corrected chi connectivity index (χ2v) is 6.32. The van der Waals surface area contributed by atoms with E-state index in [1.54, 1.807) is 11.0 Å². The summed E-state index contributed by atoms with van der Waals surface area (Å²) in [6.07, 6.45) is 0. The summed E-state index contributed by atoms with van der Waals surface area (Å²) in [5.74, 6) is 0.180. The Morgan fingerprint density at radius 2 is 1.81 bits per heavy atom. The molecule has 7 nitrogen and oxygen atoms in total. The minimum Gasteiger partial charge on any atom is -0.484 e. The number of carbonyl (C=O) groups excluding carboxylic acids is 1. The molecule has 0 bridgehead atoms. The highest BCUT2D eigenvalue weighted by Crippen LogP contribution is 2.21. The van der Waals surface area contributed by atoms with Gasteiger partial charge in [0.05, 0.1) is 11.0 Å². The Morgan fingerprint density at radius 3 is 2.46 bits per heavy atom. The van der Waals surface area contributed by atoms with Crippen LogP contribution in [-0.4, -0.2) is 48.5 Å². The number of non-ortho nitro benzene ring substituents is 1. The van der Waals surface area contributed by atoms with Gasteiger partial charge in [-0.3, -0.25) is 14.9 Å². The molecule has 0 radical (unpaired) electrons. The van der Waals surface area contributed by atoms with Crippen molar-refractivity contribution in [2.45, 2.75) is 0 Å². The number of nitro groups is 1. The summed E-state index contributed by atoms with van der Waals surface area (Å²) < 4.78 is 5.41. The van der Waals surface area contributed by atoms with E-state index in [0.29, 0.717) is 23.9 Å². The van der Waals surface area contributed by atoms with Crippen LogP contribution in [0.15, 0.2) is 48.5 Å². The summed E-state index contributed by atoms with van der Waals surface area (Å²) in [6.45, 7) is 2.51. The zero-order chi connectivity index (χ0) is 18.5. The lowest BCUT2D eigenvalue weighted by molar-refractivity contribution is -0.384. The van der Waals surface area contributed by atoms with Crippen LogP contribution in [0.1, 0.15) is 0 Å². The third-order valence-corrected chi connectivity index (χ3v) is 4.47. The lowest BCUT2D eigenvalue weighted by Gasteiger charge is -2.36. The summed E-state index contributed by atoms with van der Waals surface area (Å²) in [7, 11) is 0. The fourth-order valence-electron chi connectivity index (χ4n) is 2.79. The number of halogens is 1. The van der Waals surface area contributed by atoms with E-state index in [4.69, 9.17) is 16.3 Å². The lowest BCUT2D eigenvalue weighted by atomic mass is 10.2. The van der Waals surface area contributed by atoms with Crippen molar-refractivity contribution in [3.63, 3.8) is 0 Å². The molecule has 26 heavy (non-hydrogen) atoms. The molecule has 1 amide bonds. The third kappa shape index (κ3) is 4.43. The lowest BCUT2D eigenvalue weighted by Crippen LogP contribution is -2.50. The van der Waals surface area contributed by atoms with Gasteiger partial charge in [-0.25, -0.2) is 0 Å². The van der Waals surface area contributed by atoms with E-state index in [0.717, 1.165) is 18.8 Å². The Kier molecular flexibility index (Phi) is 5.58. The second kappa shape index (κ2) is 8.05. The highest BCUT2D eigenvalue weighted by molar-refractivity contribution is 6.30.